The van der Waals surface area contributed by atoms with Gasteiger partial charge in [0, 0.05) is 16.8 Å². The van der Waals surface area contributed by atoms with Crippen LogP contribution in [0.1, 0.15) is 21.6 Å². The van der Waals surface area contributed by atoms with Gasteiger partial charge in [0.25, 0.3) is 5.91 Å². The van der Waals surface area contributed by atoms with Crippen LogP contribution < -0.4 is 4.90 Å². The van der Waals surface area contributed by atoms with E-state index in [1.807, 2.05) is 67.6 Å². The van der Waals surface area contributed by atoms with Crippen molar-refractivity contribution < 1.29 is 4.79 Å². The zero-order chi connectivity index (χ0) is 18.8. The van der Waals surface area contributed by atoms with Crippen molar-refractivity contribution in [3.8, 4) is 0 Å². The van der Waals surface area contributed by atoms with Crippen molar-refractivity contribution in [2.75, 3.05) is 4.90 Å². The Labute approximate surface area is 166 Å². The van der Waals surface area contributed by atoms with Crippen molar-refractivity contribution in [1.82, 2.24) is 9.97 Å². The second-order valence-electron chi connectivity index (χ2n) is 6.09. The molecular formula is C21H16ClN3OS. The summed E-state index contributed by atoms with van der Waals surface area (Å²) in [6.07, 6.45) is 1.72. The Balaban J connectivity index is 1.80. The van der Waals surface area contributed by atoms with Crippen molar-refractivity contribution in [3.63, 3.8) is 0 Å². The third kappa shape index (κ3) is 3.56. The SMILES string of the molecule is Cc1c(Cl)ccc2sc(N(Cc3ccccn3)C(=O)c3ccccc3)nc12. The van der Waals surface area contributed by atoms with Gasteiger partial charge in [-0.1, -0.05) is 47.2 Å². The molecule has 0 aliphatic heterocycles. The minimum absolute atomic E-state index is 0.107. The molecule has 0 radical (unpaired) electrons. The van der Waals surface area contributed by atoms with Gasteiger partial charge >= 0.3 is 0 Å². The predicted molar refractivity (Wildman–Crippen MR) is 111 cm³/mol. The summed E-state index contributed by atoms with van der Waals surface area (Å²) in [5, 5.41) is 1.31. The summed E-state index contributed by atoms with van der Waals surface area (Å²) in [5.74, 6) is -0.107. The molecule has 6 heteroatoms. The van der Waals surface area contributed by atoms with E-state index in [0.29, 0.717) is 22.3 Å². The first-order chi connectivity index (χ1) is 13.1. The first-order valence-electron chi connectivity index (χ1n) is 8.46. The molecule has 0 aliphatic rings. The van der Waals surface area contributed by atoms with E-state index >= 15 is 0 Å². The number of hydrogen-bond donors (Lipinski definition) is 0. The van der Waals surface area contributed by atoms with E-state index in [4.69, 9.17) is 16.6 Å². The maximum Gasteiger partial charge on any atom is 0.260 e. The van der Waals surface area contributed by atoms with Crippen molar-refractivity contribution in [2.24, 2.45) is 0 Å². The van der Waals surface area contributed by atoms with E-state index in [1.54, 1.807) is 11.1 Å². The first kappa shape index (κ1) is 17.6. The standard InChI is InChI=1S/C21H16ClN3OS/c1-14-17(22)10-11-18-19(14)24-21(27-18)25(13-16-9-5-6-12-23-16)20(26)15-7-3-2-4-8-15/h2-12H,13H2,1H3. The normalized spacial score (nSPS) is 10.9. The van der Waals surface area contributed by atoms with Gasteiger partial charge in [0.15, 0.2) is 5.13 Å². The molecule has 4 nitrogen and oxygen atoms in total. The van der Waals surface area contributed by atoms with Crippen LogP contribution in [-0.4, -0.2) is 15.9 Å². The van der Waals surface area contributed by atoms with Gasteiger partial charge in [0.05, 0.1) is 22.5 Å². The molecule has 4 rings (SSSR count). The zero-order valence-corrected chi connectivity index (χ0v) is 16.2. The van der Waals surface area contributed by atoms with E-state index in [2.05, 4.69) is 4.98 Å². The van der Waals surface area contributed by atoms with Gasteiger partial charge in [-0.05, 0) is 48.9 Å². The molecule has 2 aromatic heterocycles. The minimum atomic E-state index is -0.107. The van der Waals surface area contributed by atoms with Crippen LogP contribution in [0.25, 0.3) is 10.2 Å². The highest BCUT2D eigenvalue weighted by Gasteiger charge is 2.22. The zero-order valence-electron chi connectivity index (χ0n) is 14.6. The van der Waals surface area contributed by atoms with Crippen molar-refractivity contribution in [1.29, 1.82) is 0 Å². The number of aryl methyl sites for hydroxylation is 1. The second kappa shape index (κ2) is 7.47. The molecule has 2 aromatic carbocycles. The molecule has 0 bridgehead atoms. The lowest BCUT2D eigenvalue weighted by molar-refractivity contribution is 0.0985. The molecule has 2 heterocycles. The van der Waals surface area contributed by atoms with Crippen molar-refractivity contribution in [2.45, 2.75) is 13.5 Å². The fourth-order valence-corrected chi connectivity index (χ4v) is 4.00. The van der Waals surface area contributed by atoms with E-state index < -0.39 is 0 Å². The third-order valence-electron chi connectivity index (χ3n) is 4.28. The van der Waals surface area contributed by atoms with E-state index in [0.717, 1.165) is 21.5 Å². The molecule has 4 aromatic rings. The maximum absolute atomic E-state index is 13.2. The molecule has 0 unspecified atom stereocenters. The number of amides is 1. The molecule has 27 heavy (non-hydrogen) atoms. The van der Waals surface area contributed by atoms with Gasteiger partial charge in [-0.15, -0.1) is 0 Å². The third-order valence-corrected chi connectivity index (χ3v) is 5.73. The van der Waals surface area contributed by atoms with Crippen LogP contribution in [0.5, 0.6) is 0 Å². The topological polar surface area (TPSA) is 46.1 Å². The Kier molecular flexibility index (Phi) is 4.88. The number of carbonyl (C=O) groups excluding carboxylic acids is 1. The number of fused-ring (bicyclic) bond motifs is 1. The fourth-order valence-electron chi connectivity index (χ4n) is 2.82. The van der Waals surface area contributed by atoms with Gasteiger partial charge in [-0.3, -0.25) is 14.7 Å². The largest absolute Gasteiger partial charge is 0.278 e. The molecule has 0 saturated carbocycles. The monoisotopic (exact) mass is 393 g/mol. The molecule has 134 valence electrons. The average Bonchev–Trinajstić information content (AvgIpc) is 3.15. The van der Waals surface area contributed by atoms with Crippen molar-refractivity contribution in [3.05, 3.63) is 88.7 Å². The summed E-state index contributed by atoms with van der Waals surface area (Å²) in [7, 11) is 0. The Morgan fingerprint density at radius 3 is 2.59 bits per heavy atom. The lowest BCUT2D eigenvalue weighted by atomic mass is 10.2. The number of halogens is 1. The van der Waals surface area contributed by atoms with Gasteiger partial charge in [0.1, 0.15) is 0 Å². The highest BCUT2D eigenvalue weighted by Crippen LogP contribution is 2.34. The lowest BCUT2D eigenvalue weighted by Gasteiger charge is -2.19. The Hall–Kier alpha value is -2.76. The van der Waals surface area contributed by atoms with Crippen LogP contribution in [0.3, 0.4) is 0 Å². The molecule has 0 aliphatic carbocycles. The molecule has 1 amide bonds. The van der Waals surface area contributed by atoms with Crippen LogP contribution in [0.15, 0.2) is 66.9 Å². The minimum Gasteiger partial charge on any atom is -0.278 e. The van der Waals surface area contributed by atoms with E-state index in [-0.39, 0.29) is 5.91 Å². The van der Waals surface area contributed by atoms with Crippen LogP contribution >= 0.6 is 22.9 Å². The average molecular weight is 394 g/mol. The Bertz CT molecular complexity index is 1100. The quantitative estimate of drug-likeness (QED) is 0.460. The number of benzene rings is 2. The molecule has 0 fully saturated rings. The summed E-state index contributed by atoms with van der Waals surface area (Å²) in [4.78, 5) is 24.0. The van der Waals surface area contributed by atoms with Gasteiger partial charge < -0.3 is 0 Å². The Morgan fingerprint density at radius 1 is 1.07 bits per heavy atom. The fraction of sp³-hybridized carbons (Fsp3) is 0.0952. The summed E-state index contributed by atoms with van der Waals surface area (Å²) in [6.45, 7) is 2.29. The molecule has 0 atom stereocenters. The summed E-state index contributed by atoms with van der Waals surface area (Å²) < 4.78 is 0.999. The van der Waals surface area contributed by atoms with Crippen LogP contribution in [-0.2, 0) is 6.54 Å². The number of anilines is 1. The number of hydrogen-bond acceptors (Lipinski definition) is 4. The Morgan fingerprint density at radius 2 is 1.85 bits per heavy atom. The molecule has 0 N–H and O–H groups in total. The number of aromatic nitrogens is 2. The van der Waals surface area contributed by atoms with Crippen LogP contribution in [0.4, 0.5) is 5.13 Å². The number of rotatable bonds is 4. The predicted octanol–water partition coefficient (Wildman–Crippen LogP) is 5.50. The van der Waals surface area contributed by atoms with Gasteiger partial charge in [-0.2, -0.15) is 0 Å². The lowest BCUT2D eigenvalue weighted by Crippen LogP contribution is -2.30. The second-order valence-corrected chi connectivity index (χ2v) is 7.51. The smallest absolute Gasteiger partial charge is 0.260 e. The van der Waals surface area contributed by atoms with Crippen LogP contribution in [0, 0.1) is 6.92 Å². The highest BCUT2D eigenvalue weighted by molar-refractivity contribution is 7.22. The summed E-state index contributed by atoms with van der Waals surface area (Å²) in [6, 6.07) is 18.7. The first-order valence-corrected chi connectivity index (χ1v) is 9.65. The number of pyridine rings is 1. The maximum atomic E-state index is 13.2. The van der Waals surface area contributed by atoms with Gasteiger partial charge in [0.2, 0.25) is 0 Å². The van der Waals surface area contributed by atoms with E-state index in [9.17, 15) is 4.79 Å². The molecular weight excluding hydrogens is 378 g/mol. The van der Waals surface area contributed by atoms with Crippen LogP contribution in [0.2, 0.25) is 5.02 Å². The summed E-state index contributed by atoms with van der Waals surface area (Å²) in [5.41, 5.74) is 3.16. The summed E-state index contributed by atoms with van der Waals surface area (Å²) >= 11 is 7.72. The van der Waals surface area contributed by atoms with Gasteiger partial charge in [-0.25, -0.2) is 4.98 Å². The molecule has 0 saturated heterocycles. The number of carbonyl (C=O) groups is 1. The number of nitrogens with zero attached hydrogens (tertiary/aromatic N) is 3. The van der Waals surface area contributed by atoms with E-state index in [1.165, 1.54) is 11.3 Å². The van der Waals surface area contributed by atoms with Crippen molar-refractivity contribution >= 4 is 44.2 Å². The number of thiazole rings is 1. The highest BCUT2D eigenvalue weighted by atomic mass is 35.5. The molecule has 0 spiro atoms.